The molecule has 0 spiro atoms. The topological polar surface area (TPSA) is 144 Å². The van der Waals surface area contributed by atoms with Gasteiger partial charge in [-0.2, -0.15) is 4.98 Å². The lowest BCUT2D eigenvalue weighted by Crippen LogP contribution is -2.54. The number of hydrogen-bond acceptors (Lipinski definition) is 8. The van der Waals surface area contributed by atoms with E-state index in [2.05, 4.69) is 9.97 Å². The molecule has 1 saturated heterocycles. The zero-order valence-electron chi connectivity index (χ0n) is 8.67. The first-order valence-corrected chi connectivity index (χ1v) is 4.81. The lowest BCUT2D eigenvalue weighted by atomic mass is 10.1. The number of nitrogens with two attached hydrogens (primary N) is 1. The van der Waals surface area contributed by atoms with Gasteiger partial charge in [-0.05, 0) is 0 Å². The Morgan fingerprint density at radius 3 is 2.82 bits per heavy atom. The van der Waals surface area contributed by atoms with Crippen LogP contribution in [-0.2, 0) is 4.74 Å². The Morgan fingerprint density at radius 1 is 1.59 bits per heavy atom. The lowest BCUT2D eigenvalue weighted by molar-refractivity contribution is -0.125. The number of hydrogen-bond donors (Lipinski definition) is 4. The molecule has 0 aromatic carbocycles. The maximum absolute atomic E-state index is 11.4. The van der Waals surface area contributed by atoms with Crippen molar-refractivity contribution in [3.05, 3.63) is 23.1 Å². The molecule has 2 heterocycles. The average molecular weight is 244 g/mol. The fourth-order valence-electron chi connectivity index (χ4n) is 1.64. The van der Waals surface area contributed by atoms with Gasteiger partial charge in [-0.25, -0.2) is 9.78 Å². The van der Waals surface area contributed by atoms with Gasteiger partial charge in [-0.15, -0.1) is 0 Å². The molecule has 9 heteroatoms. The van der Waals surface area contributed by atoms with Crippen molar-refractivity contribution in [1.82, 2.24) is 14.5 Å². The van der Waals surface area contributed by atoms with E-state index in [0.717, 1.165) is 17.2 Å². The van der Waals surface area contributed by atoms with Gasteiger partial charge in [0, 0.05) is 0 Å². The third kappa shape index (κ3) is 1.83. The molecule has 0 saturated carbocycles. The zero-order chi connectivity index (χ0) is 12.6. The number of aliphatic hydroxyl groups is 3. The summed E-state index contributed by atoms with van der Waals surface area (Å²) in [5.41, 5.74) is 3.00. The Morgan fingerprint density at radius 2 is 2.29 bits per heavy atom. The molecule has 94 valence electrons. The largest absolute Gasteiger partial charge is 0.392 e. The van der Waals surface area contributed by atoms with Crippen molar-refractivity contribution in [2.45, 2.75) is 24.2 Å². The monoisotopic (exact) mass is 244 g/mol. The summed E-state index contributed by atoms with van der Waals surface area (Å²) in [4.78, 5) is 18.4. The average Bonchev–Trinajstić information content (AvgIpc) is 2.56. The first kappa shape index (κ1) is 12.1. The molecule has 1 aliphatic rings. The Balaban J connectivity index is 2.37. The second-order valence-corrected chi connectivity index (χ2v) is 3.76. The number of rotatable bonds is 2. The van der Waals surface area contributed by atoms with Gasteiger partial charge < -0.3 is 20.1 Å². The number of aliphatic hydroxyl groups excluding tert-OH is 3. The molecule has 5 N–H and O–H groups in total. The van der Waals surface area contributed by atoms with E-state index in [9.17, 15) is 15.0 Å². The fraction of sp³-hybridized carbons (Fsp3) is 0.625. The summed E-state index contributed by atoms with van der Waals surface area (Å²) in [5, 5.41) is 28.4. The first-order chi connectivity index (χ1) is 7.99. The van der Waals surface area contributed by atoms with E-state index in [-0.39, 0.29) is 0 Å². The van der Waals surface area contributed by atoms with Crippen molar-refractivity contribution >= 4 is 0 Å². The van der Waals surface area contributed by atoms with Crippen LogP contribution in [0.3, 0.4) is 0 Å². The lowest BCUT2D eigenvalue weighted by Gasteiger charge is -2.24. The molecule has 0 amide bonds. The van der Waals surface area contributed by atoms with Crippen molar-refractivity contribution in [3.63, 3.8) is 0 Å². The molecule has 4 atom stereocenters. The minimum atomic E-state index is -1.82. The second-order valence-electron chi connectivity index (χ2n) is 3.76. The van der Waals surface area contributed by atoms with Crippen molar-refractivity contribution in [2.75, 3.05) is 6.61 Å². The summed E-state index contributed by atoms with van der Waals surface area (Å²) in [6.45, 7) is -0.704. The minimum Gasteiger partial charge on any atom is -0.392 e. The van der Waals surface area contributed by atoms with Crippen LogP contribution >= 0.6 is 0 Å². The van der Waals surface area contributed by atoms with Crippen molar-refractivity contribution in [1.29, 1.82) is 0 Å². The van der Waals surface area contributed by atoms with Crippen LogP contribution in [0.2, 0.25) is 0 Å². The van der Waals surface area contributed by atoms with E-state index in [0.29, 0.717) is 0 Å². The molecule has 1 fully saturated rings. The van der Waals surface area contributed by atoms with Gasteiger partial charge in [-0.3, -0.25) is 10.3 Å². The molecule has 0 unspecified atom stereocenters. The number of nitrogens with zero attached hydrogens (tertiary/aromatic N) is 3. The third-order valence-electron chi connectivity index (χ3n) is 2.62. The molecule has 0 aliphatic carbocycles. The maximum atomic E-state index is 11.4. The smallest absolute Gasteiger partial charge is 0.352 e. The summed E-state index contributed by atoms with van der Waals surface area (Å²) < 4.78 is 5.99. The maximum Gasteiger partial charge on any atom is 0.352 e. The highest BCUT2D eigenvalue weighted by Crippen LogP contribution is 2.32. The van der Waals surface area contributed by atoms with Crippen molar-refractivity contribution < 1.29 is 20.1 Å². The predicted octanol–water partition coefficient (Wildman–Crippen LogP) is -3.46. The predicted molar refractivity (Wildman–Crippen MR) is 52.4 cm³/mol. The van der Waals surface area contributed by atoms with Gasteiger partial charge >= 0.3 is 5.69 Å². The molecular formula is C8H12N4O5. The van der Waals surface area contributed by atoms with Crippen LogP contribution in [0.4, 0.5) is 0 Å². The number of aromatic nitrogens is 3. The highest BCUT2D eigenvalue weighted by molar-refractivity contribution is 4.97. The molecule has 2 rings (SSSR count). The second kappa shape index (κ2) is 4.13. The van der Waals surface area contributed by atoms with Gasteiger partial charge in [0.05, 0.1) is 6.61 Å². The summed E-state index contributed by atoms with van der Waals surface area (Å²) in [6.07, 6.45) is -2.09. The Hall–Kier alpha value is -1.39. The minimum absolute atomic E-state index is 0.704. The van der Waals surface area contributed by atoms with Gasteiger partial charge in [0.1, 0.15) is 24.9 Å². The zero-order valence-corrected chi connectivity index (χ0v) is 8.67. The normalized spacial score (nSPS) is 37.3. The summed E-state index contributed by atoms with van der Waals surface area (Å²) in [5.74, 6) is 0. The van der Waals surface area contributed by atoms with Crippen LogP contribution in [0.5, 0.6) is 0 Å². The Bertz CT molecular complexity index is 465. The summed E-state index contributed by atoms with van der Waals surface area (Å²) in [7, 11) is 0. The Kier molecular flexibility index (Phi) is 2.93. The van der Waals surface area contributed by atoms with Crippen LogP contribution in [0.15, 0.2) is 17.4 Å². The SMILES string of the molecule is N[C@]1(CO)O[C@@H](n2cncnc2=O)[C@H](O)[C@@H]1O. The molecule has 0 bridgehead atoms. The van der Waals surface area contributed by atoms with E-state index < -0.39 is 36.5 Å². The summed E-state index contributed by atoms with van der Waals surface area (Å²) in [6, 6.07) is 0. The molecule has 1 aliphatic heterocycles. The summed E-state index contributed by atoms with van der Waals surface area (Å²) >= 11 is 0. The van der Waals surface area contributed by atoms with Gasteiger partial charge in [0.2, 0.25) is 0 Å². The first-order valence-electron chi connectivity index (χ1n) is 4.81. The quantitative estimate of drug-likeness (QED) is 0.420. The van der Waals surface area contributed by atoms with Crippen LogP contribution in [-0.4, -0.2) is 54.4 Å². The standard InChI is InChI=1S/C8H12N4O5/c9-8(1-13)5(15)4(14)6(17-8)12-3-10-2-11-7(12)16/h2-6,13-15H,1,9H2/t4-,5+,6-,8-/m1/s1. The van der Waals surface area contributed by atoms with Crippen molar-refractivity contribution in [2.24, 2.45) is 5.73 Å². The van der Waals surface area contributed by atoms with Crippen molar-refractivity contribution in [3.8, 4) is 0 Å². The van der Waals surface area contributed by atoms with Crippen LogP contribution in [0.25, 0.3) is 0 Å². The Labute approximate surface area is 95.1 Å². The molecule has 1 aromatic heterocycles. The van der Waals surface area contributed by atoms with Crippen LogP contribution in [0.1, 0.15) is 6.23 Å². The number of ether oxygens (including phenoxy) is 1. The molecule has 1 aromatic rings. The van der Waals surface area contributed by atoms with Crippen LogP contribution < -0.4 is 11.4 Å². The van der Waals surface area contributed by atoms with Crippen LogP contribution in [0, 0.1) is 0 Å². The third-order valence-corrected chi connectivity index (χ3v) is 2.62. The van der Waals surface area contributed by atoms with Gasteiger partial charge in [0.15, 0.2) is 12.0 Å². The van der Waals surface area contributed by atoms with E-state index in [4.69, 9.17) is 15.6 Å². The van der Waals surface area contributed by atoms with E-state index in [1.807, 2.05) is 0 Å². The molecule has 17 heavy (non-hydrogen) atoms. The molecule has 0 radical (unpaired) electrons. The molecular weight excluding hydrogens is 232 g/mol. The van der Waals surface area contributed by atoms with E-state index in [1.54, 1.807) is 0 Å². The van der Waals surface area contributed by atoms with Gasteiger partial charge in [-0.1, -0.05) is 0 Å². The highest BCUT2D eigenvalue weighted by Gasteiger charge is 2.52. The van der Waals surface area contributed by atoms with E-state index in [1.165, 1.54) is 0 Å². The highest BCUT2D eigenvalue weighted by atomic mass is 16.6. The fourth-order valence-corrected chi connectivity index (χ4v) is 1.64. The molecule has 9 nitrogen and oxygen atoms in total. The van der Waals surface area contributed by atoms with Gasteiger partial charge in [0.25, 0.3) is 0 Å². The van der Waals surface area contributed by atoms with E-state index >= 15 is 0 Å².